The van der Waals surface area contributed by atoms with Gasteiger partial charge in [-0.2, -0.15) is 11.3 Å². The maximum Gasteiger partial charge on any atom is 0.405 e. The molecule has 0 atom stereocenters. The summed E-state index contributed by atoms with van der Waals surface area (Å²) in [4.78, 5) is 10.0. The first-order chi connectivity index (χ1) is 5.92. The van der Waals surface area contributed by atoms with Crippen molar-refractivity contribution < 1.29 is 9.53 Å². The van der Waals surface area contributed by atoms with Gasteiger partial charge in [0.2, 0.25) is 0 Å². The van der Waals surface area contributed by atoms with E-state index in [4.69, 9.17) is 5.73 Å². The maximum atomic E-state index is 10.0. The second kappa shape index (κ2) is 5.59. The number of thiophene rings is 1. The summed E-state index contributed by atoms with van der Waals surface area (Å²) in [5, 5.41) is 4.08. The van der Waals surface area contributed by atoms with Gasteiger partial charge in [0, 0.05) is 0 Å². The van der Waals surface area contributed by atoms with E-state index >= 15 is 0 Å². The summed E-state index contributed by atoms with van der Waals surface area (Å²) in [7, 11) is 0. The lowest BCUT2D eigenvalue weighted by Gasteiger charge is -2.16. The lowest BCUT2D eigenvalue weighted by molar-refractivity contribution is 0.0600. The van der Waals surface area contributed by atoms with Crippen molar-refractivity contribution in [3.8, 4) is 0 Å². The zero-order valence-corrected chi connectivity index (χ0v) is 8.93. The molecule has 0 unspecified atom stereocenters. The summed E-state index contributed by atoms with van der Waals surface area (Å²) in [6.07, 6.45) is -0.725. The molecule has 0 fully saturated rings. The van der Waals surface area contributed by atoms with E-state index in [1.165, 1.54) is 0 Å². The average Bonchev–Trinajstić information content (AvgIpc) is 2.33. The first-order valence-corrected chi connectivity index (χ1v) is 4.82. The fourth-order valence-electron chi connectivity index (χ4n) is 0.529. The molecule has 13 heavy (non-hydrogen) atoms. The average molecular weight is 201 g/mol. The van der Waals surface area contributed by atoms with Crippen LogP contribution in [0, 0.1) is 0 Å². The van der Waals surface area contributed by atoms with Crippen LogP contribution in [0.2, 0.25) is 0 Å². The van der Waals surface area contributed by atoms with Gasteiger partial charge >= 0.3 is 6.09 Å². The van der Waals surface area contributed by atoms with Gasteiger partial charge in [0.05, 0.1) is 0 Å². The van der Waals surface area contributed by atoms with Crippen molar-refractivity contribution in [2.45, 2.75) is 26.4 Å². The largest absolute Gasteiger partial charge is 0.444 e. The first-order valence-electron chi connectivity index (χ1n) is 3.87. The maximum absolute atomic E-state index is 10.0. The summed E-state index contributed by atoms with van der Waals surface area (Å²) >= 11 is 1.71. The fraction of sp³-hybridized carbons (Fsp3) is 0.444. The van der Waals surface area contributed by atoms with Crippen molar-refractivity contribution in [1.82, 2.24) is 0 Å². The fourth-order valence-corrected chi connectivity index (χ4v) is 0.982. The number of ether oxygens (including phenoxy) is 1. The first kappa shape index (κ1) is 12.0. The molecule has 0 saturated heterocycles. The van der Waals surface area contributed by atoms with E-state index in [0.29, 0.717) is 0 Å². The quantitative estimate of drug-likeness (QED) is 0.701. The van der Waals surface area contributed by atoms with Crippen LogP contribution in [-0.2, 0) is 4.74 Å². The van der Waals surface area contributed by atoms with Crippen molar-refractivity contribution in [2.75, 3.05) is 0 Å². The Bertz CT molecular complexity index is 209. The van der Waals surface area contributed by atoms with Gasteiger partial charge in [-0.1, -0.05) is 12.1 Å². The topological polar surface area (TPSA) is 52.3 Å². The van der Waals surface area contributed by atoms with Crippen molar-refractivity contribution in [2.24, 2.45) is 5.73 Å². The zero-order chi connectivity index (χ0) is 10.3. The third kappa shape index (κ3) is 11.0. The monoisotopic (exact) mass is 201 g/mol. The van der Waals surface area contributed by atoms with Gasteiger partial charge in [-0.15, -0.1) is 0 Å². The Kier molecular flexibility index (Phi) is 5.14. The highest BCUT2D eigenvalue weighted by Gasteiger charge is 2.12. The van der Waals surface area contributed by atoms with Crippen molar-refractivity contribution >= 4 is 17.4 Å². The van der Waals surface area contributed by atoms with Crippen LogP contribution in [0.5, 0.6) is 0 Å². The standard InChI is InChI=1S/C5H11NO2.C4H4S/c1-5(2,3)8-4(6)7;1-2-4-5-3-1/h1-3H3,(H2,6,7);1-4H. The van der Waals surface area contributed by atoms with Crippen LogP contribution in [0.4, 0.5) is 4.79 Å². The molecule has 1 aromatic rings. The van der Waals surface area contributed by atoms with Crippen LogP contribution in [0.3, 0.4) is 0 Å². The Morgan fingerprint density at radius 3 is 1.85 bits per heavy atom. The van der Waals surface area contributed by atoms with Gasteiger partial charge in [-0.25, -0.2) is 4.79 Å². The molecule has 3 nitrogen and oxygen atoms in total. The molecular formula is C9H15NO2S. The molecule has 0 aliphatic rings. The molecule has 0 radical (unpaired) electrons. The molecule has 74 valence electrons. The van der Waals surface area contributed by atoms with Crippen LogP contribution in [0.25, 0.3) is 0 Å². The van der Waals surface area contributed by atoms with Crippen LogP contribution in [-0.4, -0.2) is 11.7 Å². The van der Waals surface area contributed by atoms with Crippen LogP contribution < -0.4 is 5.73 Å². The number of primary amides is 1. The molecule has 0 spiro atoms. The Morgan fingerprint density at radius 2 is 1.77 bits per heavy atom. The van der Waals surface area contributed by atoms with Crippen LogP contribution in [0.1, 0.15) is 20.8 Å². The minimum atomic E-state index is -0.725. The van der Waals surface area contributed by atoms with Crippen molar-refractivity contribution in [3.63, 3.8) is 0 Å². The lowest BCUT2D eigenvalue weighted by atomic mass is 10.2. The summed E-state index contributed by atoms with van der Waals surface area (Å²) in [5.41, 5.74) is 4.26. The van der Waals surface area contributed by atoms with Gasteiger partial charge in [0.15, 0.2) is 0 Å². The minimum Gasteiger partial charge on any atom is -0.444 e. The highest BCUT2D eigenvalue weighted by atomic mass is 32.1. The second-order valence-corrected chi connectivity index (χ2v) is 4.14. The second-order valence-electron chi connectivity index (χ2n) is 3.33. The van der Waals surface area contributed by atoms with E-state index in [9.17, 15) is 4.79 Å². The molecule has 1 rings (SSSR count). The Balaban J connectivity index is 0.000000243. The molecule has 0 aromatic carbocycles. The van der Waals surface area contributed by atoms with Crippen LogP contribution in [0.15, 0.2) is 22.9 Å². The Hall–Kier alpha value is -1.03. The van der Waals surface area contributed by atoms with E-state index in [1.54, 1.807) is 32.1 Å². The van der Waals surface area contributed by atoms with Gasteiger partial charge in [-0.05, 0) is 31.5 Å². The third-order valence-electron chi connectivity index (χ3n) is 0.832. The van der Waals surface area contributed by atoms with Gasteiger partial charge in [-0.3, -0.25) is 0 Å². The number of amides is 1. The number of hydrogen-bond acceptors (Lipinski definition) is 3. The van der Waals surface area contributed by atoms with E-state index in [-0.39, 0.29) is 0 Å². The third-order valence-corrected chi connectivity index (χ3v) is 1.46. The van der Waals surface area contributed by atoms with E-state index < -0.39 is 11.7 Å². The summed E-state index contributed by atoms with van der Waals surface area (Å²) in [6, 6.07) is 4.04. The minimum absolute atomic E-state index is 0.453. The molecule has 4 heteroatoms. The molecule has 0 aliphatic carbocycles. The normalized spacial score (nSPS) is 9.77. The predicted octanol–water partition coefficient (Wildman–Crippen LogP) is 2.63. The molecule has 0 saturated carbocycles. The number of nitrogens with two attached hydrogens (primary N) is 1. The number of hydrogen-bond donors (Lipinski definition) is 1. The predicted molar refractivity (Wildman–Crippen MR) is 54.7 cm³/mol. The summed E-state index contributed by atoms with van der Waals surface area (Å²) in [6.45, 7) is 5.28. The number of carbonyl (C=O) groups is 1. The SMILES string of the molecule is CC(C)(C)OC(N)=O.c1ccsc1. The molecule has 0 bridgehead atoms. The summed E-state index contributed by atoms with van der Waals surface area (Å²) in [5.74, 6) is 0. The highest BCUT2D eigenvalue weighted by molar-refractivity contribution is 7.07. The lowest BCUT2D eigenvalue weighted by Crippen LogP contribution is -2.27. The van der Waals surface area contributed by atoms with E-state index in [0.717, 1.165) is 0 Å². The van der Waals surface area contributed by atoms with E-state index in [2.05, 4.69) is 4.74 Å². The molecule has 1 amide bonds. The highest BCUT2D eigenvalue weighted by Crippen LogP contribution is 2.04. The molecule has 0 aliphatic heterocycles. The number of carbonyl (C=O) groups excluding carboxylic acids is 1. The van der Waals surface area contributed by atoms with Crippen molar-refractivity contribution in [1.29, 1.82) is 0 Å². The molecule has 1 aromatic heterocycles. The van der Waals surface area contributed by atoms with Crippen molar-refractivity contribution in [3.05, 3.63) is 22.9 Å². The van der Waals surface area contributed by atoms with E-state index in [1.807, 2.05) is 22.9 Å². The Labute approximate surface area is 82.5 Å². The van der Waals surface area contributed by atoms with Gasteiger partial charge in [0.1, 0.15) is 5.60 Å². The molecule has 1 heterocycles. The zero-order valence-electron chi connectivity index (χ0n) is 8.11. The summed E-state index contributed by atoms with van der Waals surface area (Å²) < 4.78 is 4.58. The van der Waals surface area contributed by atoms with Gasteiger partial charge in [0.25, 0.3) is 0 Å². The van der Waals surface area contributed by atoms with Gasteiger partial charge < -0.3 is 10.5 Å². The Morgan fingerprint density at radius 1 is 1.31 bits per heavy atom. The smallest absolute Gasteiger partial charge is 0.405 e. The number of rotatable bonds is 0. The van der Waals surface area contributed by atoms with Crippen LogP contribution >= 0.6 is 11.3 Å². The molecular weight excluding hydrogens is 186 g/mol. The molecule has 2 N–H and O–H groups in total.